The number of rotatable bonds is 7. The van der Waals surface area contributed by atoms with Gasteiger partial charge in [0.15, 0.2) is 0 Å². The van der Waals surface area contributed by atoms with Crippen molar-refractivity contribution in [1.82, 2.24) is 9.80 Å². The molecule has 142 valence electrons. The van der Waals surface area contributed by atoms with Gasteiger partial charge in [-0.3, -0.25) is 19.4 Å². The average molecular weight is 368 g/mol. The van der Waals surface area contributed by atoms with Gasteiger partial charge in [-0.2, -0.15) is 0 Å². The highest BCUT2D eigenvalue weighted by molar-refractivity contribution is 6.21. The summed E-state index contributed by atoms with van der Waals surface area (Å²) < 4.78 is 5.39. The molecular formula is C21H24N2O4. The topological polar surface area (TPSA) is 70.1 Å². The largest absolute Gasteiger partial charge is 0.496 e. The minimum absolute atomic E-state index is 0.0262. The monoisotopic (exact) mass is 368 g/mol. The van der Waals surface area contributed by atoms with Gasteiger partial charge in [-0.05, 0) is 32.2 Å². The molecule has 2 aromatic carbocycles. The fraction of sp³-hybridized carbons (Fsp3) is 0.333. The Hall–Kier alpha value is -2.70. The number of imide groups is 1. The van der Waals surface area contributed by atoms with Gasteiger partial charge in [0, 0.05) is 18.7 Å². The summed E-state index contributed by atoms with van der Waals surface area (Å²) in [6.07, 6.45) is -0.840. The smallest absolute Gasteiger partial charge is 0.261 e. The van der Waals surface area contributed by atoms with Crippen LogP contribution in [0.2, 0.25) is 0 Å². The van der Waals surface area contributed by atoms with Crippen molar-refractivity contribution in [3.63, 3.8) is 0 Å². The summed E-state index contributed by atoms with van der Waals surface area (Å²) in [6.45, 7) is 2.90. The summed E-state index contributed by atoms with van der Waals surface area (Å²) in [5, 5.41) is 10.4. The van der Waals surface area contributed by atoms with Crippen molar-refractivity contribution in [3.8, 4) is 5.75 Å². The summed E-state index contributed by atoms with van der Waals surface area (Å²) in [6, 6.07) is 12.7. The van der Waals surface area contributed by atoms with Gasteiger partial charge < -0.3 is 9.84 Å². The fourth-order valence-corrected chi connectivity index (χ4v) is 3.42. The van der Waals surface area contributed by atoms with Gasteiger partial charge in [0.1, 0.15) is 5.75 Å². The molecule has 1 atom stereocenters. The van der Waals surface area contributed by atoms with Crippen LogP contribution in [0.15, 0.2) is 42.5 Å². The third-order valence-corrected chi connectivity index (χ3v) is 4.67. The SMILES string of the molecule is COc1ccc(C)cc1CN(C)CC(O)CN1C(=O)c2ccccc2C1=O. The Balaban J connectivity index is 1.62. The lowest BCUT2D eigenvalue weighted by atomic mass is 10.1. The Morgan fingerprint density at radius 2 is 1.74 bits per heavy atom. The van der Waals surface area contributed by atoms with Gasteiger partial charge in [-0.15, -0.1) is 0 Å². The zero-order valence-corrected chi connectivity index (χ0v) is 15.8. The first-order valence-electron chi connectivity index (χ1n) is 8.86. The van der Waals surface area contributed by atoms with Crippen molar-refractivity contribution in [2.45, 2.75) is 19.6 Å². The minimum Gasteiger partial charge on any atom is -0.496 e. The van der Waals surface area contributed by atoms with Gasteiger partial charge in [0.2, 0.25) is 0 Å². The highest BCUT2D eigenvalue weighted by Gasteiger charge is 2.36. The third kappa shape index (κ3) is 4.02. The molecule has 0 saturated carbocycles. The number of methoxy groups -OCH3 is 1. The normalized spacial score (nSPS) is 14.6. The van der Waals surface area contributed by atoms with E-state index in [0.717, 1.165) is 21.8 Å². The van der Waals surface area contributed by atoms with Gasteiger partial charge >= 0.3 is 0 Å². The lowest BCUT2D eigenvalue weighted by Crippen LogP contribution is -2.41. The average Bonchev–Trinajstić information content (AvgIpc) is 2.87. The molecule has 1 N–H and O–H groups in total. The Morgan fingerprint density at radius 1 is 1.11 bits per heavy atom. The highest BCUT2D eigenvalue weighted by atomic mass is 16.5. The van der Waals surface area contributed by atoms with E-state index in [1.54, 1.807) is 31.4 Å². The zero-order valence-electron chi connectivity index (χ0n) is 15.8. The molecule has 27 heavy (non-hydrogen) atoms. The highest BCUT2D eigenvalue weighted by Crippen LogP contribution is 2.23. The maximum absolute atomic E-state index is 12.4. The molecule has 0 fully saturated rings. The van der Waals surface area contributed by atoms with Crippen molar-refractivity contribution in [2.75, 3.05) is 27.2 Å². The minimum atomic E-state index is -0.840. The lowest BCUT2D eigenvalue weighted by Gasteiger charge is -2.24. The molecule has 0 saturated heterocycles. The van der Waals surface area contributed by atoms with Crippen LogP contribution < -0.4 is 4.74 Å². The van der Waals surface area contributed by atoms with Crippen LogP contribution in [-0.4, -0.2) is 60.1 Å². The first-order chi connectivity index (χ1) is 12.9. The lowest BCUT2D eigenvalue weighted by molar-refractivity contribution is 0.0488. The molecule has 6 nitrogen and oxygen atoms in total. The van der Waals surface area contributed by atoms with E-state index in [9.17, 15) is 14.7 Å². The maximum Gasteiger partial charge on any atom is 0.261 e. The van der Waals surface area contributed by atoms with Gasteiger partial charge in [-0.1, -0.05) is 29.8 Å². The molecule has 0 spiro atoms. The van der Waals surface area contributed by atoms with Crippen LogP contribution in [-0.2, 0) is 6.54 Å². The molecule has 1 aliphatic rings. The third-order valence-electron chi connectivity index (χ3n) is 4.67. The molecular weight excluding hydrogens is 344 g/mol. The van der Waals surface area contributed by atoms with E-state index in [-0.39, 0.29) is 18.4 Å². The molecule has 3 rings (SSSR count). The fourth-order valence-electron chi connectivity index (χ4n) is 3.42. The van der Waals surface area contributed by atoms with E-state index in [1.807, 2.05) is 37.1 Å². The number of hydrogen-bond acceptors (Lipinski definition) is 5. The predicted molar refractivity (Wildman–Crippen MR) is 102 cm³/mol. The Labute approximate surface area is 159 Å². The number of likely N-dealkylation sites (N-methyl/N-ethyl adjacent to an activating group) is 1. The molecule has 1 aliphatic heterocycles. The number of hydrogen-bond donors (Lipinski definition) is 1. The van der Waals surface area contributed by atoms with Crippen LogP contribution in [0.1, 0.15) is 31.8 Å². The maximum atomic E-state index is 12.4. The van der Waals surface area contributed by atoms with Crippen molar-refractivity contribution in [2.24, 2.45) is 0 Å². The number of nitrogens with zero attached hydrogens (tertiary/aromatic N) is 2. The van der Waals surface area contributed by atoms with E-state index >= 15 is 0 Å². The van der Waals surface area contributed by atoms with Crippen LogP contribution in [0.5, 0.6) is 5.75 Å². The van der Waals surface area contributed by atoms with Crippen molar-refractivity contribution < 1.29 is 19.4 Å². The number of aliphatic hydroxyl groups excluding tert-OH is 1. The summed E-state index contributed by atoms with van der Waals surface area (Å²) >= 11 is 0. The van der Waals surface area contributed by atoms with E-state index < -0.39 is 6.10 Å². The number of amides is 2. The molecule has 2 amide bonds. The number of aryl methyl sites for hydroxylation is 1. The molecule has 0 aromatic heterocycles. The summed E-state index contributed by atoms with van der Waals surface area (Å²) in [4.78, 5) is 27.9. The van der Waals surface area contributed by atoms with E-state index in [0.29, 0.717) is 24.2 Å². The summed E-state index contributed by atoms with van der Waals surface area (Å²) in [5.41, 5.74) is 2.94. The quantitative estimate of drug-likeness (QED) is 0.758. The predicted octanol–water partition coefficient (Wildman–Crippen LogP) is 2.09. The van der Waals surface area contributed by atoms with E-state index in [2.05, 4.69) is 0 Å². The van der Waals surface area contributed by atoms with Crippen LogP contribution in [0.25, 0.3) is 0 Å². The Kier molecular flexibility index (Phi) is 5.58. The first-order valence-corrected chi connectivity index (χ1v) is 8.86. The van der Waals surface area contributed by atoms with Crippen molar-refractivity contribution >= 4 is 11.8 Å². The number of ether oxygens (including phenoxy) is 1. The number of carbonyl (C=O) groups excluding carboxylic acids is 2. The number of benzene rings is 2. The van der Waals surface area contributed by atoms with Crippen molar-refractivity contribution in [1.29, 1.82) is 0 Å². The summed E-state index contributed by atoms with van der Waals surface area (Å²) in [5.74, 6) is 0.0950. The summed E-state index contributed by atoms with van der Waals surface area (Å²) in [7, 11) is 3.51. The number of β-amino-alcohol motifs (C(OH)–C–C–N with tert-alkyl or cyclic N) is 1. The standard InChI is InChI=1S/C21H24N2O4/c1-14-8-9-19(27-3)15(10-14)11-22(2)12-16(24)13-23-20(25)17-6-4-5-7-18(17)21(23)26/h4-10,16,24H,11-13H2,1-3H3. The van der Waals surface area contributed by atoms with Crippen LogP contribution in [0, 0.1) is 6.92 Å². The molecule has 0 radical (unpaired) electrons. The van der Waals surface area contributed by atoms with Gasteiger partial charge in [-0.25, -0.2) is 0 Å². The van der Waals surface area contributed by atoms with Gasteiger partial charge in [0.05, 0.1) is 30.9 Å². The second-order valence-electron chi connectivity index (χ2n) is 6.93. The molecule has 2 aromatic rings. The molecule has 0 aliphatic carbocycles. The first kappa shape index (κ1) is 19.1. The number of aliphatic hydroxyl groups is 1. The second-order valence-corrected chi connectivity index (χ2v) is 6.93. The zero-order chi connectivity index (χ0) is 19.6. The second kappa shape index (κ2) is 7.90. The molecule has 1 heterocycles. The van der Waals surface area contributed by atoms with Crippen LogP contribution in [0.3, 0.4) is 0 Å². The van der Waals surface area contributed by atoms with Gasteiger partial charge in [0.25, 0.3) is 11.8 Å². The van der Waals surface area contributed by atoms with E-state index in [4.69, 9.17) is 4.74 Å². The molecule has 1 unspecified atom stereocenters. The molecule has 0 bridgehead atoms. The van der Waals surface area contributed by atoms with Crippen LogP contribution >= 0.6 is 0 Å². The number of fused-ring (bicyclic) bond motifs is 1. The Morgan fingerprint density at radius 3 is 2.33 bits per heavy atom. The van der Waals surface area contributed by atoms with Crippen LogP contribution in [0.4, 0.5) is 0 Å². The molecule has 6 heteroatoms. The number of carbonyl (C=O) groups is 2. The van der Waals surface area contributed by atoms with Crippen molar-refractivity contribution in [3.05, 3.63) is 64.7 Å². The Bertz CT molecular complexity index is 830. The van der Waals surface area contributed by atoms with E-state index in [1.165, 1.54) is 0 Å².